The van der Waals surface area contributed by atoms with Crippen LogP contribution < -0.4 is 5.32 Å². The van der Waals surface area contributed by atoms with Crippen LogP contribution in [0.5, 0.6) is 0 Å². The average molecular weight is 294 g/mol. The van der Waals surface area contributed by atoms with Gasteiger partial charge in [-0.05, 0) is 30.2 Å². The lowest BCUT2D eigenvalue weighted by atomic mass is 10.2. The first-order valence-corrected chi connectivity index (χ1v) is 7.13. The number of aromatic nitrogens is 2. The van der Waals surface area contributed by atoms with E-state index in [9.17, 15) is 0 Å². The highest BCUT2D eigenvalue weighted by Crippen LogP contribution is 2.32. The van der Waals surface area contributed by atoms with Gasteiger partial charge >= 0.3 is 0 Å². The zero-order chi connectivity index (χ0) is 13.2. The summed E-state index contributed by atoms with van der Waals surface area (Å²) in [6.07, 6.45) is 1.76. The van der Waals surface area contributed by atoms with Gasteiger partial charge < -0.3 is 9.73 Å². The number of nitrogens with one attached hydrogen (secondary N) is 1. The standard InChI is InChI=1S/C13H12ClN3OS/c1-2-15-12(11-7-16-17-19-11)10-6-8-4-3-5-9(14)13(8)18-10/h3-7,12,15H,2H2,1H3. The molecule has 3 rings (SSSR count). The number of rotatable bonds is 4. The van der Waals surface area contributed by atoms with Gasteiger partial charge in [-0.1, -0.05) is 35.1 Å². The first kappa shape index (κ1) is 12.6. The molecule has 0 bridgehead atoms. The third kappa shape index (κ3) is 2.36. The number of fused-ring (bicyclic) bond motifs is 1. The van der Waals surface area contributed by atoms with E-state index in [2.05, 4.69) is 21.8 Å². The highest BCUT2D eigenvalue weighted by molar-refractivity contribution is 7.05. The summed E-state index contributed by atoms with van der Waals surface area (Å²) < 4.78 is 9.80. The number of halogens is 1. The fourth-order valence-corrected chi connectivity index (χ4v) is 2.85. The molecule has 4 nitrogen and oxygen atoms in total. The number of hydrogen-bond donors (Lipinski definition) is 1. The Kier molecular flexibility index (Phi) is 3.50. The van der Waals surface area contributed by atoms with E-state index in [0.29, 0.717) is 5.02 Å². The summed E-state index contributed by atoms with van der Waals surface area (Å²) >= 11 is 7.50. The molecular formula is C13H12ClN3OS. The molecule has 0 aliphatic rings. The molecule has 0 aliphatic heterocycles. The van der Waals surface area contributed by atoms with Crippen molar-refractivity contribution in [2.75, 3.05) is 6.54 Å². The molecule has 0 aliphatic carbocycles. The van der Waals surface area contributed by atoms with Gasteiger partial charge in [-0.15, -0.1) is 5.10 Å². The average Bonchev–Trinajstić information content (AvgIpc) is 3.05. The zero-order valence-electron chi connectivity index (χ0n) is 10.3. The summed E-state index contributed by atoms with van der Waals surface area (Å²) in [5.74, 6) is 0.830. The van der Waals surface area contributed by atoms with Crippen LogP contribution in [0, 0.1) is 0 Å². The Morgan fingerprint density at radius 1 is 1.47 bits per heavy atom. The molecule has 2 aromatic heterocycles. The van der Waals surface area contributed by atoms with Crippen molar-refractivity contribution in [2.24, 2.45) is 0 Å². The minimum Gasteiger partial charge on any atom is -0.457 e. The van der Waals surface area contributed by atoms with Gasteiger partial charge in [0.05, 0.1) is 16.1 Å². The first-order chi connectivity index (χ1) is 9.29. The summed E-state index contributed by atoms with van der Waals surface area (Å²) in [7, 11) is 0. The summed E-state index contributed by atoms with van der Waals surface area (Å²) in [4.78, 5) is 1.03. The first-order valence-electron chi connectivity index (χ1n) is 5.98. The Morgan fingerprint density at radius 2 is 2.37 bits per heavy atom. The monoisotopic (exact) mass is 293 g/mol. The molecule has 1 atom stereocenters. The maximum atomic E-state index is 6.14. The van der Waals surface area contributed by atoms with Crippen LogP contribution in [0.25, 0.3) is 11.0 Å². The van der Waals surface area contributed by atoms with Crippen LogP contribution >= 0.6 is 23.1 Å². The smallest absolute Gasteiger partial charge is 0.152 e. The number of benzene rings is 1. The number of para-hydroxylation sites is 1. The van der Waals surface area contributed by atoms with Gasteiger partial charge in [-0.3, -0.25) is 0 Å². The van der Waals surface area contributed by atoms with E-state index in [4.69, 9.17) is 16.0 Å². The molecular weight excluding hydrogens is 282 g/mol. The molecule has 0 amide bonds. The third-order valence-corrected chi connectivity index (χ3v) is 3.90. The Morgan fingerprint density at radius 3 is 3.05 bits per heavy atom. The minimum atomic E-state index is -0.0338. The zero-order valence-corrected chi connectivity index (χ0v) is 11.8. The van der Waals surface area contributed by atoms with Crippen LogP contribution in [-0.2, 0) is 0 Å². The second-order valence-corrected chi connectivity index (χ2v) is 5.34. The quantitative estimate of drug-likeness (QED) is 0.798. The van der Waals surface area contributed by atoms with Gasteiger partial charge in [-0.25, -0.2) is 0 Å². The van der Waals surface area contributed by atoms with Gasteiger partial charge in [0.15, 0.2) is 5.58 Å². The van der Waals surface area contributed by atoms with Crippen LogP contribution in [0.15, 0.2) is 34.9 Å². The second-order valence-electron chi connectivity index (χ2n) is 4.12. The van der Waals surface area contributed by atoms with E-state index in [1.54, 1.807) is 6.20 Å². The SMILES string of the molecule is CCNC(c1cc2cccc(Cl)c2o1)c1cnns1. The van der Waals surface area contributed by atoms with E-state index in [0.717, 1.165) is 28.2 Å². The minimum absolute atomic E-state index is 0.0338. The lowest BCUT2D eigenvalue weighted by Gasteiger charge is -2.12. The molecule has 0 radical (unpaired) electrons. The summed E-state index contributed by atoms with van der Waals surface area (Å²) in [6.45, 7) is 2.88. The Labute approximate surface area is 119 Å². The molecule has 0 saturated carbocycles. The Balaban J connectivity index is 2.08. The normalized spacial score (nSPS) is 12.9. The van der Waals surface area contributed by atoms with Gasteiger partial charge in [0.25, 0.3) is 0 Å². The molecule has 0 fully saturated rings. The number of hydrogen-bond acceptors (Lipinski definition) is 5. The van der Waals surface area contributed by atoms with Crippen LogP contribution in [0.3, 0.4) is 0 Å². The predicted octanol–water partition coefficient (Wildman–Crippen LogP) is 3.64. The maximum Gasteiger partial charge on any atom is 0.152 e. The summed E-state index contributed by atoms with van der Waals surface area (Å²) in [5.41, 5.74) is 0.722. The lowest BCUT2D eigenvalue weighted by Crippen LogP contribution is -2.20. The molecule has 0 spiro atoms. The lowest BCUT2D eigenvalue weighted by molar-refractivity contribution is 0.480. The second kappa shape index (κ2) is 5.28. The fourth-order valence-electron chi connectivity index (χ4n) is 2.04. The molecule has 19 heavy (non-hydrogen) atoms. The maximum absolute atomic E-state index is 6.14. The summed E-state index contributed by atoms with van der Waals surface area (Å²) in [6, 6.07) is 7.71. The summed E-state index contributed by atoms with van der Waals surface area (Å²) in [5, 5.41) is 8.89. The van der Waals surface area contributed by atoms with Crippen LogP contribution in [0.2, 0.25) is 5.02 Å². The number of furan rings is 1. The van der Waals surface area contributed by atoms with Gasteiger partial charge in [0, 0.05) is 5.39 Å². The van der Waals surface area contributed by atoms with E-state index in [1.165, 1.54) is 11.5 Å². The Hall–Kier alpha value is -1.43. The molecule has 3 aromatic rings. The van der Waals surface area contributed by atoms with Crippen molar-refractivity contribution in [1.82, 2.24) is 14.9 Å². The van der Waals surface area contributed by atoms with Crippen molar-refractivity contribution in [3.8, 4) is 0 Å². The molecule has 98 valence electrons. The van der Waals surface area contributed by atoms with E-state index < -0.39 is 0 Å². The van der Waals surface area contributed by atoms with Gasteiger partial charge in [-0.2, -0.15) is 0 Å². The molecule has 1 N–H and O–H groups in total. The van der Waals surface area contributed by atoms with Crippen LogP contribution in [-0.4, -0.2) is 16.1 Å². The molecule has 1 unspecified atom stereocenters. The van der Waals surface area contributed by atoms with E-state index in [1.807, 2.05) is 24.3 Å². The fraction of sp³-hybridized carbons (Fsp3) is 0.231. The van der Waals surface area contributed by atoms with Gasteiger partial charge in [0.2, 0.25) is 0 Å². The highest BCUT2D eigenvalue weighted by Gasteiger charge is 2.20. The van der Waals surface area contributed by atoms with E-state index in [-0.39, 0.29) is 6.04 Å². The largest absolute Gasteiger partial charge is 0.457 e. The van der Waals surface area contributed by atoms with Crippen molar-refractivity contribution in [3.63, 3.8) is 0 Å². The molecule has 2 heterocycles. The van der Waals surface area contributed by atoms with Crippen LogP contribution in [0.1, 0.15) is 23.6 Å². The number of nitrogens with zero attached hydrogens (tertiary/aromatic N) is 2. The molecule has 0 saturated heterocycles. The van der Waals surface area contributed by atoms with Crippen molar-refractivity contribution >= 4 is 34.1 Å². The van der Waals surface area contributed by atoms with Crippen molar-refractivity contribution in [1.29, 1.82) is 0 Å². The Bertz CT molecular complexity index is 680. The molecule has 1 aromatic carbocycles. The third-order valence-electron chi connectivity index (χ3n) is 2.87. The van der Waals surface area contributed by atoms with Crippen molar-refractivity contribution in [2.45, 2.75) is 13.0 Å². The predicted molar refractivity (Wildman–Crippen MR) is 76.7 cm³/mol. The molecule has 6 heteroatoms. The van der Waals surface area contributed by atoms with E-state index >= 15 is 0 Å². The van der Waals surface area contributed by atoms with Crippen molar-refractivity contribution < 1.29 is 4.42 Å². The highest BCUT2D eigenvalue weighted by atomic mass is 35.5. The topological polar surface area (TPSA) is 51.0 Å². The van der Waals surface area contributed by atoms with Crippen LogP contribution in [0.4, 0.5) is 0 Å². The van der Waals surface area contributed by atoms with Crippen molar-refractivity contribution in [3.05, 3.63) is 46.1 Å². The van der Waals surface area contributed by atoms with Gasteiger partial charge in [0.1, 0.15) is 11.8 Å².